The van der Waals surface area contributed by atoms with Crippen LogP contribution in [0.4, 0.5) is 0 Å². The molecule has 1 aromatic carbocycles. The van der Waals surface area contributed by atoms with Crippen LogP contribution in [0.1, 0.15) is 25.0 Å². The molecule has 0 fully saturated rings. The van der Waals surface area contributed by atoms with E-state index in [9.17, 15) is 0 Å². The highest BCUT2D eigenvalue weighted by Crippen LogP contribution is 2.29. The number of rotatable bonds is 0. The largest absolute Gasteiger partial charge is 0.307 e. The highest BCUT2D eigenvalue weighted by Gasteiger charge is 2.26. The van der Waals surface area contributed by atoms with Gasteiger partial charge >= 0.3 is 0 Å². The highest BCUT2D eigenvalue weighted by atomic mass is 14.9. The third-order valence-electron chi connectivity index (χ3n) is 2.49. The van der Waals surface area contributed by atoms with Crippen LogP contribution in [0, 0.1) is 6.54 Å². The molecule has 12 heavy (non-hydrogen) atoms. The predicted molar refractivity (Wildman–Crippen MR) is 50.9 cm³/mol. The monoisotopic (exact) mass is 160 g/mol. The summed E-state index contributed by atoms with van der Waals surface area (Å²) in [5.74, 6) is 0. The molecule has 1 N–H and O–H groups in total. The molecule has 1 nitrogen and oxygen atoms in total. The summed E-state index contributed by atoms with van der Waals surface area (Å²) in [6, 6.07) is 8.56. The average Bonchev–Trinajstić information content (AvgIpc) is 2.04. The fraction of sp³-hybridized carbons (Fsp3) is 0.364. The Morgan fingerprint density at radius 3 is 2.75 bits per heavy atom. The second-order valence-electron chi connectivity index (χ2n) is 4.00. The lowest BCUT2D eigenvalue weighted by Gasteiger charge is -2.32. The van der Waals surface area contributed by atoms with Crippen molar-refractivity contribution in [3.63, 3.8) is 0 Å². The van der Waals surface area contributed by atoms with Crippen molar-refractivity contribution in [1.29, 1.82) is 0 Å². The molecule has 0 amide bonds. The van der Waals surface area contributed by atoms with E-state index in [-0.39, 0.29) is 5.41 Å². The van der Waals surface area contributed by atoms with Crippen LogP contribution in [-0.4, -0.2) is 6.54 Å². The van der Waals surface area contributed by atoms with Gasteiger partial charge in [-0.2, -0.15) is 0 Å². The van der Waals surface area contributed by atoms with Crippen molar-refractivity contribution in [2.45, 2.75) is 19.3 Å². The Hall–Kier alpha value is -0.820. The quantitative estimate of drug-likeness (QED) is 0.612. The van der Waals surface area contributed by atoms with Crippen LogP contribution in [0.15, 0.2) is 24.3 Å². The molecule has 1 radical (unpaired) electrons. The smallest absolute Gasteiger partial charge is 0.0521 e. The maximum Gasteiger partial charge on any atom is 0.0521 e. The van der Waals surface area contributed by atoms with E-state index < -0.39 is 0 Å². The normalized spacial score (nSPS) is 20.2. The van der Waals surface area contributed by atoms with Crippen LogP contribution in [0.3, 0.4) is 0 Å². The lowest BCUT2D eigenvalue weighted by atomic mass is 9.79. The summed E-state index contributed by atoms with van der Waals surface area (Å²) in [7, 11) is 0. The van der Waals surface area contributed by atoms with Gasteiger partial charge < -0.3 is 5.32 Å². The van der Waals surface area contributed by atoms with E-state index >= 15 is 0 Å². The zero-order chi connectivity index (χ0) is 8.60. The van der Waals surface area contributed by atoms with Gasteiger partial charge in [0, 0.05) is 12.0 Å². The van der Waals surface area contributed by atoms with E-state index in [0.29, 0.717) is 0 Å². The molecule has 63 valence electrons. The van der Waals surface area contributed by atoms with Crippen molar-refractivity contribution in [3.8, 4) is 0 Å². The molecule has 0 saturated carbocycles. The van der Waals surface area contributed by atoms with Gasteiger partial charge in [-0.15, -0.1) is 0 Å². The molecule has 1 aromatic rings. The van der Waals surface area contributed by atoms with Crippen molar-refractivity contribution in [2.75, 3.05) is 6.54 Å². The molecule has 0 atom stereocenters. The number of benzene rings is 1. The zero-order valence-corrected chi connectivity index (χ0v) is 7.59. The van der Waals surface area contributed by atoms with Crippen molar-refractivity contribution >= 4 is 0 Å². The SMILES string of the molecule is CC1(C)CN[CH]c2ccccc21. The lowest BCUT2D eigenvalue weighted by Crippen LogP contribution is -2.37. The Morgan fingerprint density at radius 1 is 1.25 bits per heavy atom. The van der Waals surface area contributed by atoms with Gasteiger partial charge in [0.1, 0.15) is 0 Å². The fourth-order valence-corrected chi connectivity index (χ4v) is 1.75. The third-order valence-corrected chi connectivity index (χ3v) is 2.49. The Labute approximate surface area is 73.8 Å². The Balaban J connectivity index is 2.52. The third kappa shape index (κ3) is 1.14. The minimum atomic E-state index is 0.269. The van der Waals surface area contributed by atoms with Crippen molar-refractivity contribution < 1.29 is 0 Å². The Kier molecular flexibility index (Phi) is 1.69. The predicted octanol–water partition coefficient (Wildman–Crippen LogP) is 2.08. The summed E-state index contributed by atoms with van der Waals surface area (Å²) in [6.45, 7) is 7.67. The molecule has 0 unspecified atom stereocenters. The molecule has 0 saturated heterocycles. The minimum absolute atomic E-state index is 0.269. The van der Waals surface area contributed by atoms with Crippen LogP contribution in [-0.2, 0) is 5.41 Å². The maximum absolute atomic E-state index is 3.31. The summed E-state index contributed by atoms with van der Waals surface area (Å²) < 4.78 is 0. The molecular formula is C11H14N. The Bertz CT molecular complexity index is 289. The standard InChI is InChI=1S/C11H14N/c1-11(2)8-12-7-9-5-3-4-6-10(9)11/h3-7,12H,8H2,1-2H3. The molecule has 1 heteroatoms. The summed E-state index contributed by atoms with van der Waals surface area (Å²) in [5.41, 5.74) is 3.04. The van der Waals surface area contributed by atoms with Crippen molar-refractivity contribution in [1.82, 2.24) is 5.32 Å². The average molecular weight is 160 g/mol. The van der Waals surface area contributed by atoms with Gasteiger partial charge in [0.15, 0.2) is 0 Å². The topological polar surface area (TPSA) is 12.0 Å². The van der Waals surface area contributed by atoms with E-state index in [0.717, 1.165) is 6.54 Å². The number of hydrogen-bond donors (Lipinski definition) is 1. The van der Waals surface area contributed by atoms with Gasteiger partial charge in [0.2, 0.25) is 0 Å². The Morgan fingerprint density at radius 2 is 2.00 bits per heavy atom. The van der Waals surface area contributed by atoms with Gasteiger partial charge in [-0.05, 0) is 11.1 Å². The van der Waals surface area contributed by atoms with Crippen molar-refractivity contribution in [3.05, 3.63) is 41.9 Å². The van der Waals surface area contributed by atoms with E-state index in [1.54, 1.807) is 0 Å². The van der Waals surface area contributed by atoms with Gasteiger partial charge in [-0.3, -0.25) is 0 Å². The summed E-state index contributed by atoms with van der Waals surface area (Å²) in [5, 5.41) is 3.31. The first-order chi connectivity index (χ1) is 5.70. The summed E-state index contributed by atoms with van der Waals surface area (Å²) in [4.78, 5) is 0. The van der Waals surface area contributed by atoms with Gasteiger partial charge in [-0.25, -0.2) is 0 Å². The minimum Gasteiger partial charge on any atom is -0.307 e. The molecule has 1 heterocycles. The first-order valence-electron chi connectivity index (χ1n) is 4.36. The molecule has 0 bridgehead atoms. The van der Waals surface area contributed by atoms with Gasteiger partial charge in [0.05, 0.1) is 6.54 Å². The summed E-state index contributed by atoms with van der Waals surface area (Å²) >= 11 is 0. The van der Waals surface area contributed by atoms with Crippen LogP contribution in [0.25, 0.3) is 0 Å². The molecule has 1 aliphatic heterocycles. The fourth-order valence-electron chi connectivity index (χ4n) is 1.75. The van der Waals surface area contributed by atoms with Crippen LogP contribution in [0.5, 0.6) is 0 Å². The molecule has 0 aliphatic carbocycles. The molecular weight excluding hydrogens is 146 g/mol. The van der Waals surface area contributed by atoms with Gasteiger partial charge in [0.25, 0.3) is 0 Å². The lowest BCUT2D eigenvalue weighted by molar-refractivity contribution is 0.473. The molecule has 0 aromatic heterocycles. The molecule has 1 aliphatic rings. The highest BCUT2D eigenvalue weighted by molar-refractivity contribution is 5.40. The second-order valence-corrected chi connectivity index (χ2v) is 4.00. The maximum atomic E-state index is 3.31. The zero-order valence-electron chi connectivity index (χ0n) is 7.59. The van der Waals surface area contributed by atoms with Crippen LogP contribution >= 0.6 is 0 Å². The number of hydrogen-bond acceptors (Lipinski definition) is 1. The number of fused-ring (bicyclic) bond motifs is 1. The van der Waals surface area contributed by atoms with E-state index in [4.69, 9.17) is 0 Å². The molecule has 2 rings (SSSR count). The first-order valence-corrected chi connectivity index (χ1v) is 4.36. The summed E-state index contributed by atoms with van der Waals surface area (Å²) in [6.07, 6.45) is 0. The van der Waals surface area contributed by atoms with E-state index in [1.807, 2.05) is 0 Å². The second kappa shape index (κ2) is 2.60. The molecule has 0 spiro atoms. The van der Waals surface area contributed by atoms with E-state index in [2.05, 4.69) is 50.0 Å². The van der Waals surface area contributed by atoms with E-state index in [1.165, 1.54) is 11.1 Å². The van der Waals surface area contributed by atoms with Crippen molar-refractivity contribution in [2.24, 2.45) is 0 Å². The van der Waals surface area contributed by atoms with Crippen LogP contribution in [0.2, 0.25) is 0 Å². The van der Waals surface area contributed by atoms with Gasteiger partial charge in [-0.1, -0.05) is 38.1 Å². The first kappa shape index (κ1) is 7.81. The number of nitrogens with one attached hydrogen (secondary N) is 1. The van der Waals surface area contributed by atoms with Crippen LogP contribution < -0.4 is 5.32 Å².